The molecule has 1 aliphatic carbocycles. The number of carbonyl (C=O) groups excluding carboxylic acids is 2. The number of hydrogen-bond donors (Lipinski definition) is 1. The smallest absolute Gasteiger partial charge is 0.338 e. The topological polar surface area (TPSA) is 116 Å². The Morgan fingerprint density at radius 3 is 2.33 bits per heavy atom. The van der Waals surface area contributed by atoms with Crippen molar-refractivity contribution < 1.29 is 36.8 Å². The zero-order valence-electron chi connectivity index (χ0n) is 27.8. The summed E-state index contributed by atoms with van der Waals surface area (Å²) in [5.41, 5.74) is 1.04. The largest absolute Gasteiger partial charge is 0.466 e. The van der Waals surface area contributed by atoms with Crippen LogP contribution in [0.5, 0.6) is 0 Å². The van der Waals surface area contributed by atoms with Crippen LogP contribution in [0.4, 0.5) is 0 Å². The Morgan fingerprint density at radius 2 is 1.67 bits per heavy atom. The molecule has 0 radical (unpaired) electrons. The number of methoxy groups -OCH3 is 1. The Hall–Kier alpha value is -3.27. The second-order valence-corrected chi connectivity index (χ2v) is 14.4. The van der Waals surface area contributed by atoms with Gasteiger partial charge in [0.25, 0.3) is 10.1 Å². The van der Waals surface area contributed by atoms with E-state index in [4.69, 9.17) is 8.92 Å². The van der Waals surface area contributed by atoms with Crippen molar-refractivity contribution in [2.24, 2.45) is 17.3 Å². The van der Waals surface area contributed by atoms with E-state index >= 15 is 0 Å². The molecule has 9 heteroatoms. The van der Waals surface area contributed by atoms with Crippen LogP contribution in [0.3, 0.4) is 0 Å². The lowest BCUT2D eigenvalue weighted by molar-refractivity contribution is -0.134. The summed E-state index contributed by atoms with van der Waals surface area (Å²) in [6, 6.07) is 15.2. The molecule has 0 aliphatic heterocycles. The summed E-state index contributed by atoms with van der Waals surface area (Å²) in [6.07, 6.45) is 9.89. The van der Waals surface area contributed by atoms with Crippen LogP contribution in [0.1, 0.15) is 88.1 Å². The van der Waals surface area contributed by atoms with Crippen molar-refractivity contribution >= 4 is 22.1 Å². The second-order valence-electron chi connectivity index (χ2n) is 12.8. The van der Waals surface area contributed by atoms with Crippen LogP contribution in [0.25, 0.3) is 0 Å². The van der Waals surface area contributed by atoms with Crippen LogP contribution in [0, 0.1) is 24.2 Å². The summed E-state index contributed by atoms with van der Waals surface area (Å²) in [7, 11) is -2.80. The molecule has 0 bridgehead atoms. The number of rotatable bonds is 17. The van der Waals surface area contributed by atoms with Gasteiger partial charge >= 0.3 is 11.9 Å². The molecule has 0 amide bonds. The third-order valence-corrected chi connectivity index (χ3v) is 10.3. The second kappa shape index (κ2) is 17.6. The summed E-state index contributed by atoms with van der Waals surface area (Å²) >= 11 is 0. The average Bonchev–Trinajstić information content (AvgIpc) is 3.34. The van der Waals surface area contributed by atoms with Crippen LogP contribution in [0.15, 0.2) is 83.8 Å². The molecular weight excluding hydrogens is 604 g/mol. The van der Waals surface area contributed by atoms with Crippen molar-refractivity contribution in [1.29, 1.82) is 0 Å². The first-order valence-electron chi connectivity index (χ1n) is 16.2. The number of ether oxygens (including phenoxy) is 2. The van der Waals surface area contributed by atoms with E-state index in [2.05, 4.69) is 25.5 Å². The van der Waals surface area contributed by atoms with E-state index in [0.717, 1.165) is 24.8 Å². The molecule has 0 heterocycles. The summed E-state index contributed by atoms with van der Waals surface area (Å²) in [5.74, 6) is -1.47. The van der Waals surface area contributed by atoms with Crippen LogP contribution < -0.4 is 0 Å². The number of aliphatic hydroxyl groups is 1. The predicted octanol–water partition coefficient (Wildman–Crippen LogP) is 7.35. The van der Waals surface area contributed by atoms with Crippen LogP contribution in [-0.2, 0) is 28.6 Å². The highest BCUT2D eigenvalue weighted by molar-refractivity contribution is 7.86. The molecular formula is C37H50O8S. The zero-order chi connectivity index (χ0) is 33.7. The van der Waals surface area contributed by atoms with Crippen molar-refractivity contribution in [1.82, 2.24) is 0 Å². The fourth-order valence-electron chi connectivity index (χ4n) is 6.08. The van der Waals surface area contributed by atoms with Crippen LogP contribution in [0.2, 0.25) is 0 Å². The molecule has 2 aromatic rings. The highest BCUT2D eigenvalue weighted by atomic mass is 32.2. The van der Waals surface area contributed by atoms with E-state index in [1.54, 1.807) is 48.6 Å². The van der Waals surface area contributed by atoms with E-state index in [0.29, 0.717) is 31.2 Å². The number of aryl methyl sites for hydroxylation is 1. The minimum absolute atomic E-state index is 0.0687. The van der Waals surface area contributed by atoms with Crippen molar-refractivity contribution in [3.8, 4) is 0 Å². The quantitative estimate of drug-likeness (QED) is 0.0815. The molecule has 1 unspecified atom stereocenters. The van der Waals surface area contributed by atoms with E-state index in [1.807, 2.05) is 19.1 Å². The van der Waals surface area contributed by atoms with Gasteiger partial charge in [-0.05, 0) is 74.6 Å². The normalized spacial score (nSPS) is 21.1. The molecule has 0 spiro atoms. The first kappa shape index (κ1) is 37.2. The number of hydrogen-bond acceptors (Lipinski definition) is 8. The Balaban J connectivity index is 1.91. The maximum Gasteiger partial charge on any atom is 0.338 e. The van der Waals surface area contributed by atoms with Gasteiger partial charge in [0.05, 0.1) is 29.8 Å². The Morgan fingerprint density at radius 1 is 1.00 bits per heavy atom. The molecule has 1 aliphatic rings. The lowest BCUT2D eigenvalue weighted by Gasteiger charge is -2.33. The highest BCUT2D eigenvalue weighted by Crippen LogP contribution is 2.44. The lowest BCUT2D eigenvalue weighted by Crippen LogP contribution is -2.32. The molecule has 252 valence electrons. The van der Waals surface area contributed by atoms with Gasteiger partial charge < -0.3 is 14.6 Å². The number of benzene rings is 2. The fourth-order valence-corrected chi connectivity index (χ4v) is 7.21. The van der Waals surface area contributed by atoms with Crippen molar-refractivity contribution in [3.63, 3.8) is 0 Å². The van der Waals surface area contributed by atoms with E-state index in [9.17, 15) is 23.1 Å². The molecule has 8 nitrogen and oxygen atoms in total. The predicted molar refractivity (Wildman–Crippen MR) is 179 cm³/mol. The van der Waals surface area contributed by atoms with Gasteiger partial charge in [-0.25, -0.2) is 9.59 Å². The first-order chi connectivity index (χ1) is 21.9. The minimum Gasteiger partial charge on any atom is -0.466 e. The third kappa shape index (κ3) is 10.9. The third-order valence-electron chi connectivity index (χ3n) is 9.00. The average molecular weight is 655 g/mol. The van der Waals surface area contributed by atoms with Crippen molar-refractivity contribution in [3.05, 3.63) is 90.0 Å². The van der Waals surface area contributed by atoms with E-state index < -0.39 is 40.4 Å². The van der Waals surface area contributed by atoms with Gasteiger partial charge in [-0.3, -0.25) is 4.18 Å². The molecule has 3 rings (SSSR count). The maximum absolute atomic E-state index is 13.5. The SMILES string of the molecule is CCCCC(C)(C)C(O)CC[C@@H]1[C@@H](CC/C=C\C=CC(=O)OC)[C@@H](OC(=O)c2ccccc2)C[C@@H]1OS(=O)(=O)c1ccc(C)cc1. The van der Waals surface area contributed by atoms with Crippen molar-refractivity contribution in [2.45, 2.75) is 102 Å². The molecule has 0 saturated heterocycles. The highest BCUT2D eigenvalue weighted by Gasteiger charge is 2.47. The molecule has 5 atom stereocenters. The summed E-state index contributed by atoms with van der Waals surface area (Å²) in [5, 5.41) is 11.3. The van der Waals surface area contributed by atoms with Gasteiger partial charge in [0.1, 0.15) is 6.10 Å². The summed E-state index contributed by atoms with van der Waals surface area (Å²) in [4.78, 5) is 24.7. The summed E-state index contributed by atoms with van der Waals surface area (Å²) in [6.45, 7) is 8.13. The fraction of sp³-hybridized carbons (Fsp3) is 0.514. The number of aliphatic hydroxyl groups excluding tert-OH is 1. The molecule has 1 fully saturated rings. The number of allylic oxidation sites excluding steroid dienone is 3. The molecule has 1 saturated carbocycles. The van der Waals surface area contributed by atoms with Crippen molar-refractivity contribution in [2.75, 3.05) is 7.11 Å². The first-order valence-corrected chi connectivity index (χ1v) is 17.6. The van der Waals surface area contributed by atoms with Crippen LogP contribution >= 0.6 is 0 Å². The monoisotopic (exact) mass is 654 g/mol. The Bertz CT molecular complexity index is 1410. The number of carbonyl (C=O) groups is 2. The van der Waals surface area contributed by atoms with E-state index in [1.165, 1.54) is 25.3 Å². The Labute approximate surface area is 275 Å². The minimum atomic E-state index is -4.11. The Kier molecular flexibility index (Phi) is 14.2. The molecule has 46 heavy (non-hydrogen) atoms. The standard InChI is InChI=1S/C37H50O8S/c1-6-7-25-37(3,4)34(38)24-23-31-30(17-13-8-9-14-18-35(39)43-5)32(44-36(40)28-15-11-10-12-16-28)26-33(31)45-46(41,42)29-21-19-27(2)20-22-29/h8-12,14-16,18-22,30-34,38H,6-7,13,17,23-26H2,1-5H3/b9-8-,18-14?/t30-,31-,32+,33+,34?/m1/s1. The number of esters is 2. The van der Waals surface area contributed by atoms with Gasteiger partial charge in [0.2, 0.25) is 0 Å². The lowest BCUT2D eigenvalue weighted by atomic mass is 9.77. The summed E-state index contributed by atoms with van der Waals surface area (Å²) < 4.78 is 43.7. The maximum atomic E-state index is 13.5. The van der Waals surface area contributed by atoms with Gasteiger partial charge in [-0.2, -0.15) is 8.42 Å². The zero-order valence-corrected chi connectivity index (χ0v) is 28.6. The van der Waals surface area contributed by atoms with Gasteiger partial charge in [0.15, 0.2) is 0 Å². The molecule has 2 aromatic carbocycles. The van der Waals surface area contributed by atoms with Gasteiger partial charge in [0, 0.05) is 18.4 Å². The van der Waals surface area contributed by atoms with Crippen LogP contribution in [-0.4, -0.2) is 50.9 Å². The number of unbranched alkanes of at least 4 members (excludes halogenated alkanes) is 1. The van der Waals surface area contributed by atoms with Gasteiger partial charge in [-0.15, -0.1) is 0 Å². The molecule has 0 aromatic heterocycles. The van der Waals surface area contributed by atoms with Gasteiger partial charge in [-0.1, -0.05) is 87.7 Å². The molecule has 1 N–H and O–H groups in total. The van der Waals surface area contributed by atoms with E-state index in [-0.39, 0.29) is 28.6 Å².